The third-order valence-corrected chi connectivity index (χ3v) is 3.06. The summed E-state index contributed by atoms with van der Waals surface area (Å²) in [6, 6.07) is 14.7. The van der Waals surface area contributed by atoms with Gasteiger partial charge in [-0.15, -0.1) is 0 Å². The van der Waals surface area contributed by atoms with Crippen LogP contribution in [0, 0.1) is 0 Å². The van der Waals surface area contributed by atoms with Gasteiger partial charge in [0.1, 0.15) is 12.4 Å². The maximum absolute atomic E-state index is 11.8. The van der Waals surface area contributed by atoms with E-state index in [2.05, 4.69) is 0 Å². The molecule has 20 heavy (non-hydrogen) atoms. The zero-order valence-electron chi connectivity index (χ0n) is 11.1. The van der Waals surface area contributed by atoms with Crippen LogP contribution in [0.4, 0.5) is 0 Å². The number of halogens is 1. The fourth-order valence-corrected chi connectivity index (χ4v) is 1.97. The Morgan fingerprint density at radius 3 is 2.60 bits per heavy atom. The molecule has 0 radical (unpaired) electrons. The first kappa shape index (κ1) is 14.4. The minimum atomic E-state index is -0.297. The van der Waals surface area contributed by atoms with Crippen molar-refractivity contribution in [3.05, 3.63) is 64.7 Å². The van der Waals surface area contributed by atoms with Crippen molar-refractivity contribution < 1.29 is 14.3 Å². The molecule has 2 rings (SSSR count). The molecule has 0 unspecified atom stereocenters. The minimum absolute atomic E-state index is 0.160. The molecule has 2 aromatic carbocycles. The normalized spacial score (nSPS) is 10.1. The summed E-state index contributed by atoms with van der Waals surface area (Å²) in [5, 5.41) is 0.572. The Morgan fingerprint density at radius 2 is 1.90 bits per heavy atom. The predicted octanol–water partition coefficient (Wildman–Crippen LogP) is 3.63. The lowest BCUT2D eigenvalue weighted by Crippen LogP contribution is -2.08. The van der Waals surface area contributed by atoms with Crippen molar-refractivity contribution in [1.29, 1.82) is 0 Å². The highest BCUT2D eigenvalue weighted by molar-refractivity contribution is 6.30. The fraction of sp³-hybridized carbons (Fsp3) is 0.188. The number of carbonyl (C=O) groups excluding carboxylic acids is 1. The number of methoxy groups -OCH3 is 1. The lowest BCUT2D eigenvalue weighted by Gasteiger charge is -2.09. The van der Waals surface area contributed by atoms with Crippen molar-refractivity contribution in [1.82, 2.24) is 0 Å². The monoisotopic (exact) mass is 290 g/mol. The number of ether oxygens (including phenoxy) is 2. The molecule has 0 heterocycles. The summed E-state index contributed by atoms with van der Waals surface area (Å²) in [6.07, 6.45) is 0.160. The van der Waals surface area contributed by atoms with Gasteiger partial charge in [0.2, 0.25) is 0 Å². The second kappa shape index (κ2) is 6.96. The highest BCUT2D eigenvalue weighted by Crippen LogP contribution is 2.23. The summed E-state index contributed by atoms with van der Waals surface area (Å²) < 4.78 is 10.4. The first-order valence-electron chi connectivity index (χ1n) is 6.21. The Bertz CT molecular complexity index is 582. The zero-order chi connectivity index (χ0) is 14.4. The molecule has 3 nitrogen and oxygen atoms in total. The van der Waals surface area contributed by atoms with Crippen LogP contribution in [0.25, 0.3) is 0 Å². The van der Waals surface area contributed by atoms with Crippen molar-refractivity contribution in [3.63, 3.8) is 0 Å². The summed E-state index contributed by atoms with van der Waals surface area (Å²) in [5.74, 6) is 0.295. The molecular formula is C16H15ClO3. The first-order valence-corrected chi connectivity index (χ1v) is 6.59. The van der Waals surface area contributed by atoms with Crippen LogP contribution in [0.2, 0.25) is 5.02 Å². The summed E-state index contributed by atoms with van der Waals surface area (Å²) in [5.41, 5.74) is 1.72. The van der Waals surface area contributed by atoms with Gasteiger partial charge in [-0.1, -0.05) is 48.0 Å². The van der Waals surface area contributed by atoms with Crippen LogP contribution in [0.15, 0.2) is 48.5 Å². The average molecular weight is 291 g/mol. The minimum Gasteiger partial charge on any atom is -0.496 e. The first-order chi connectivity index (χ1) is 9.69. The quantitative estimate of drug-likeness (QED) is 0.789. The molecule has 0 aliphatic carbocycles. The molecule has 0 aliphatic rings. The lowest BCUT2D eigenvalue weighted by molar-refractivity contribution is -0.144. The summed E-state index contributed by atoms with van der Waals surface area (Å²) >= 11 is 5.88. The van der Waals surface area contributed by atoms with Crippen LogP contribution >= 0.6 is 11.6 Å². The van der Waals surface area contributed by atoms with E-state index in [4.69, 9.17) is 21.1 Å². The van der Waals surface area contributed by atoms with E-state index in [1.165, 1.54) is 0 Å². The summed E-state index contributed by atoms with van der Waals surface area (Å²) in [4.78, 5) is 11.8. The molecule has 0 bridgehead atoms. The third kappa shape index (κ3) is 4.00. The van der Waals surface area contributed by atoms with Crippen LogP contribution < -0.4 is 4.74 Å². The van der Waals surface area contributed by atoms with E-state index in [0.29, 0.717) is 10.8 Å². The fourth-order valence-electron chi connectivity index (χ4n) is 1.81. The Balaban J connectivity index is 1.95. The van der Waals surface area contributed by atoms with Crippen LogP contribution in [0.1, 0.15) is 11.1 Å². The molecule has 0 N–H and O–H groups in total. The van der Waals surface area contributed by atoms with Gasteiger partial charge in [0.05, 0.1) is 13.5 Å². The van der Waals surface area contributed by atoms with Gasteiger partial charge >= 0.3 is 5.97 Å². The van der Waals surface area contributed by atoms with Crippen molar-refractivity contribution in [2.24, 2.45) is 0 Å². The van der Waals surface area contributed by atoms with Gasteiger partial charge in [-0.3, -0.25) is 4.79 Å². The van der Waals surface area contributed by atoms with Crippen molar-refractivity contribution in [2.45, 2.75) is 13.0 Å². The lowest BCUT2D eigenvalue weighted by atomic mass is 10.1. The van der Waals surface area contributed by atoms with Crippen molar-refractivity contribution in [2.75, 3.05) is 7.11 Å². The zero-order valence-corrected chi connectivity index (χ0v) is 11.9. The second-order valence-electron chi connectivity index (χ2n) is 4.28. The number of hydrogen-bond acceptors (Lipinski definition) is 3. The predicted molar refractivity (Wildman–Crippen MR) is 77.9 cm³/mol. The highest BCUT2D eigenvalue weighted by Gasteiger charge is 2.10. The van der Waals surface area contributed by atoms with Crippen molar-refractivity contribution >= 4 is 17.6 Å². The number of esters is 1. The Labute approximate surface area is 123 Å². The van der Waals surface area contributed by atoms with E-state index < -0.39 is 0 Å². The van der Waals surface area contributed by atoms with Crippen LogP contribution in [-0.2, 0) is 22.6 Å². The van der Waals surface area contributed by atoms with E-state index in [-0.39, 0.29) is 19.0 Å². The third-order valence-electron chi connectivity index (χ3n) is 2.83. The molecular weight excluding hydrogens is 276 g/mol. The van der Waals surface area contributed by atoms with Crippen LogP contribution in [0.5, 0.6) is 5.75 Å². The van der Waals surface area contributed by atoms with Gasteiger partial charge < -0.3 is 9.47 Å². The molecule has 0 fully saturated rings. The Morgan fingerprint density at radius 1 is 1.15 bits per heavy atom. The molecule has 0 aromatic heterocycles. The topological polar surface area (TPSA) is 35.5 Å². The highest BCUT2D eigenvalue weighted by atomic mass is 35.5. The molecule has 104 valence electrons. The molecule has 4 heteroatoms. The van der Waals surface area contributed by atoms with E-state index in [1.54, 1.807) is 25.3 Å². The molecule has 0 saturated carbocycles. The SMILES string of the molecule is COc1cc(Cl)ccc1CC(=O)OCc1ccccc1. The van der Waals surface area contributed by atoms with Crippen LogP contribution in [-0.4, -0.2) is 13.1 Å². The second-order valence-corrected chi connectivity index (χ2v) is 4.72. The molecule has 0 saturated heterocycles. The summed E-state index contributed by atoms with van der Waals surface area (Å²) in [7, 11) is 1.55. The van der Waals surface area contributed by atoms with E-state index in [1.807, 2.05) is 30.3 Å². The van der Waals surface area contributed by atoms with Gasteiger partial charge in [-0.05, 0) is 17.7 Å². The van der Waals surface area contributed by atoms with Crippen LogP contribution in [0.3, 0.4) is 0 Å². The molecule has 0 spiro atoms. The number of carbonyl (C=O) groups is 1. The van der Waals surface area contributed by atoms with Crippen molar-refractivity contribution in [3.8, 4) is 5.75 Å². The average Bonchev–Trinajstić information content (AvgIpc) is 2.48. The molecule has 0 aliphatic heterocycles. The van der Waals surface area contributed by atoms with E-state index >= 15 is 0 Å². The Hall–Kier alpha value is -2.00. The number of hydrogen-bond donors (Lipinski definition) is 0. The number of benzene rings is 2. The van der Waals surface area contributed by atoms with Gasteiger partial charge in [-0.2, -0.15) is 0 Å². The van der Waals surface area contributed by atoms with E-state index in [9.17, 15) is 4.79 Å². The van der Waals surface area contributed by atoms with Gasteiger partial charge in [-0.25, -0.2) is 0 Å². The Kier molecular flexibility index (Phi) is 5.02. The molecule has 2 aromatic rings. The van der Waals surface area contributed by atoms with Gasteiger partial charge in [0, 0.05) is 10.6 Å². The molecule has 0 atom stereocenters. The van der Waals surface area contributed by atoms with Gasteiger partial charge in [0.15, 0.2) is 0 Å². The largest absolute Gasteiger partial charge is 0.496 e. The maximum Gasteiger partial charge on any atom is 0.310 e. The smallest absolute Gasteiger partial charge is 0.310 e. The number of rotatable bonds is 5. The molecule has 0 amide bonds. The van der Waals surface area contributed by atoms with Gasteiger partial charge in [0.25, 0.3) is 0 Å². The standard InChI is InChI=1S/C16H15ClO3/c1-19-15-10-14(17)8-7-13(15)9-16(18)20-11-12-5-3-2-4-6-12/h2-8,10H,9,11H2,1H3. The van der Waals surface area contributed by atoms with E-state index in [0.717, 1.165) is 11.1 Å². The summed E-state index contributed by atoms with van der Waals surface area (Å²) in [6.45, 7) is 0.273. The maximum atomic E-state index is 11.8.